The highest BCUT2D eigenvalue weighted by atomic mass is 35.5. The van der Waals surface area contributed by atoms with Gasteiger partial charge in [0, 0.05) is 85.6 Å². The minimum Gasteiger partial charge on any atom is -0.337 e. The van der Waals surface area contributed by atoms with E-state index in [9.17, 15) is 4.79 Å². The van der Waals surface area contributed by atoms with Gasteiger partial charge in [-0.15, -0.1) is 0 Å². The van der Waals surface area contributed by atoms with E-state index in [1.807, 2.05) is 72.8 Å². The van der Waals surface area contributed by atoms with Crippen LogP contribution < -0.4 is 5.32 Å². The third-order valence-electron chi connectivity index (χ3n) is 12.2. The van der Waals surface area contributed by atoms with Crippen LogP contribution in [-0.2, 0) is 37.1 Å². The number of rotatable bonds is 12. The zero-order valence-corrected chi connectivity index (χ0v) is 37.3. The quantitative estimate of drug-likeness (QED) is 0.133. The SMILES string of the molecule is Clc1ccccc1-c1ccc(CN2CCN[C@@H](Cc3ccccc3)C2)cc1.O=C(Cc1ccccc1)N1CCN(Cc2ccc(-c3ccccc3Cl)cc2)C[C@@H]1Cc1ccccc1. The van der Waals surface area contributed by atoms with Gasteiger partial charge in [0.05, 0.1) is 6.42 Å². The number of halogens is 2. The highest BCUT2D eigenvalue weighted by Gasteiger charge is 2.30. The summed E-state index contributed by atoms with van der Waals surface area (Å²) in [7, 11) is 0. The van der Waals surface area contributed by atoms with E-state index in [1.54, 1.807) is 0 Å². The summed E-state index contributed by atoms with van der Waals surface area (Å²) < 4.78 is 0. The standard InChI is InChI=1S/C32H31ClN2O.C24H25ClN2/c33-31-14-8-7-13-30(31)28-17-15-27(16-18-28)23-34-19-20-35(32(36)22-26-11-5-2-6-12-26)29(24-34)21-25-9-3-1-4-10-25;25-24-9-5-4-8-23(24)21-12-10-20(11-13-21)17-27-15-14-26-22(18-27)16-19-6-2-1-3-7-19/h1-18,29H,19-24H2;1-13,22,26H,14-18H2/t29-;22-/m00/s1. The van der Waals surface area contributed by atoms with Gasteiger partial charge < -0.3 is 10.2 Å². The zero-order valence-electron chi connectivity index (χ0n) is 35.8. The van der Waals surface area contributed by atoms with E-state index in [1.165, 1.54) is 27.8 Å². The highest BCUT2D eigenvalue weighted by Crippen LogP contribution is 2.29. The van der Waals surface area contributed by atoms with Gasteiger partial charge in [0.2, 0.25) is 5.91 Å². The van der Waals surface area contributed by atoms with Crippen LogP contribution in [-0.4, -0.2) is 72.0 Å². The van der Waals surface area contributed by atoms with Crippen molar-refractivity contribution in [3.63, 3.8) is 0 Å². The van der Waals surface area contributed by atoms with Crippen LogP contribution in [0, 0.1) is 0 Å². The molecule has 7 aromatic carbocycles. The number of benzene rings is 7. The molecule has 0 aromatic heterocycles. The smallest absolute Gasteiger partial charge is 0.227 e. The van der Waals surface area contributed by atoms with Gasteiger partial charge in [0.25, 0.3) is 0 Å². The minimum absolute atomic E-state index is 0.153. The van der Waals surface area contributed by atoms with Gasteiger partial charge in [-0.2, -0.15) is 0 Å². The Balaban J connectivity index is 0.000000180. The van der Waals surface area contributed by atoms with Crippen molar-refractivity contribution < 1.29 is 4.79 Å². The van der Waals surface area contributed by atoms with Gasteiger partial charge in [-0.3, -0.25) is 14.6 Å². The molecule has 1 N–H and O–H groups in total. The molecule has 320 valence electrons. The van der Waals surface area contributed by atoms with Crippen molar-refractivity contribution in [3.8, 4) is 22.3 Å². The second kappa shape index (κ2) is 22.2. The van der Waals surface area contributed by atoms with Gasteiger partial charge in [-0.25, -0.2) is 0 Å². The average Bonchev–Trinajstić information content (AvgIpc) is 3.31. The maximum Gasteiger partial charge on any atom is 0.227 e. The Labute approximate surface area is 383 Å². The number of carbonyl (C=O) groups excluding carboxylic acids is 1. The summed E-state index contributed by atoms with van der Waals surface area (Å²) in [5.41, 5.74) is 10.8. The molecule has 1 amide bonds. The van der Waals surface area contributed by atoms with Crippen molar-refractivity contribution in [3.05, 3.63) is 226 Å². The molecule has 2 atom stereocenters. The molecule has 0 aliphatic carbocycles. The second-order valence-electron chi connectivity index (χ2n) is 16.8. The molecule has 0 radical (unpaired) electrons. The van der Waals surface area contributed by atoms with E-state index in [0.717, 1.165) is 97.5 Å². The zero-order chi connectivity index (χ0) is 43.2. The molecule has 2 saturated heterocycles. The van der Waals surface area contributed by atoms with Crippen molar-refractivity contribution in [2.45, 2.75) is 44.4 Å². The fourth-order valence-corrected chi connectivity index (χ4v) is 9.37. The Morgan fingerprint density at radius 2 is 0.937 bits per heavy atom. The Bertz CT molecular complexity index is 2480. The van der Waals surface area contributed by atoms with Gasteiger partial charge in [0.1, 0.15) is 0 Å². The molecule has 63 heavy (non-hydrogen) atoms. The lowest BCUT2D eigenvalue weighted by molar-refractivity contribution is -0.135. The molecular weight excluding hydrogens is 816 g/mol. The van der Waals surface area contributed by atoms with Crippen LogP contribution in [0.15, 0.2) is 188 Å². The van der Waals surface area contributed by atoms with E-state index in [4.69, 9.17) is 23.2 Å². The Morgan fingerprint density at radius 3 is 1.46 bits per heavy atom. The first-order valence-electron chi connectivity index (χ1n) is 22.2. The Hall–Kier alpha value is -5.53. The largest absolute Gasteiger partial charge is 0.337 e. The summed E-state index contributed by atoms with van der Waals surface area (Å²) in [5.74, 6) is 0.214. The molecule has 0 bridgehead atoms. The molecule has 7 heteroatoms. The molecule has 2 fully saturated rings. The average molecular weight is 872 g/mol. The van der Waals surface area contributed by atoms with Gasteiger partial charge in [-0.1, -0.05) is 199 Å². The lowest BCUT2D eigenvalue weighted by Crippen LogP contribution is -2.56. The highest BCUT2D eigenvalue weighted by molar-refractivity contribution is 6.33. The predicted molar refractivity (Wildman–Crippen MR) is 262 cm³/mol. The fourth-order valence-electron chi connectivity index (χ4n) is 8.88. The predicted octanol–water partition coefficient (Wildman–Crippen LogP) is 11.5. The number of nitrogens with one attached hydrogen (secondary N) is 1. The van der Waals surface area contributed by atoms with Gasteiger partial charge in [0.15, 0.2) is 0 Å². The summed E-state index contributed by atoms with van der Waals surface area (Å²) in [6.07, 6.45) is 2.40. The Morgan fingerprint density at radius 1 is 0.476 bits per heavy atom. The summed E-state index contributed by atoms with van der Waals surface area (Å²) in [4.78, 5) is 20.5. The maximum atomic E-state index is 13.3. The lowest BCUT2D eigenvalue weighted by atomic mass is 10.00. The number of carbonyl (C=O) groups is 1. The molecule has 0 spiro atoms. The van der Waals surface area contributed by atoms with Crippen LogP contribution in [0.2, 0.25) is 10.0 Å². The normalized spacial score (nSPS) is 16.8. The fraction of sp³-hybridized carbons (Fsp3) is 0.232. The maximum absolute atomic E-state index is 13.3. The molecular formula is C56H56Cl2N4O. The molecule has 0 saturated carbocycles. The topological polar surface area (TPSA) is 38.8 Å². The third-order valence-corrected chi connectivity index (χ3v) is 12.8. The van der Waals surface area contributed by atoms with Crippen molar-refractivity contribution in [2.24, 2.45) is 0 Å². The summed E-state index contributed by atoms with van der Waals surface area (Å²) in [6.45, 7) is 7.58. The van der Waals surface area contributed by atoms with Crippen LogP contribution >= 0.6 is 23.2 Å². The van der Waals surface area contributed by atoms with Crippen LogP contribution in [0.5, 0.6) is 0 Å². The number of hydrogen-bond acceptors (Lipinski definition) is 4. The molecule has 2 heterocycles. The summed E-state index contributed by atoms with van der Waals surface area (Å²) >= 11 is 12.7. The van der Waals surface area contributed by atoms with Crippen LogP contribution in [0.3, 0.4) is 0 Å². The third kappa shape index (κ3) is 12.6. The minimum atomic E-state index is 0.153. The van der Waals surface area contributed by atoms with Gasteiger partial charge in [-0.05, 0) is 63.9 Å². The van der Waals surface area contributed by atoms with Crippen molar-refractivity contribution in [1.82, 2.24) is 20.0 Å². The first kappa shape index (κ1) is 44.1. The lowest BCUT2D eigenvalue weighted by Gasteiger charge is -2.42. The molecule has 2 aliphatic heterocycles. The molecule has 2 aliphatic rings. The van der Waals surface area contributed by atoms with Crippen molar-refractivity contribution in [2.75, 3.05) is 39.3 Å². The van der Waals surface area contributed by atoms with Crippen molar-refractivity contribution in [1.29, 1.82) is 0 Å². The number of piperazine rings is 2. The van der Waals surface area contributed by atoms with Crippen LogP contribution in [0.25, 0.3) is 22.3 Å². The summed E-state index contributed by atoms with van der Waals surface area (Å²) in [5, 5.41) is 5.23. The first-order valence-corrected chi connectivity index (χ1v) is 23.0. The van der Waals surface area contributed by atoms with Crippen LogP contribution in [0.1, 0.15) is 27.8 Å². The van der Waals surface area contributed by atoms with Gasteiger partial charge >= 0.3 is 0 Å². The first-order chi connectivity index (χ1) is 30.9. The molecule has 0 unspecified atom stereocenters. The number of nitrogens with zero attached hydrogens (tertiary/aromatic N) is 3. The van der Waals surface area contributed by atoms with E-state index in [-0.39, 0.29) is 11.9 Å². The number of hydrogen-bond donors (Lipinski definition) is 1. The van der Waals surface area contributed by atoms with E-state index in [0.29, 0.717) is 12.5 Å². The van der Waals surface area contributed by atoms with Crippen LogP contribution in [0.4, 0.5) is 0 Å². The molecule has 5 nitrogen and oxygen atoms in total. The monoisotopic (exact) mass is 870 g/mol. The number of amides is 1. The van der Waals surface area contributed by atoms with E-state index >= 15 is 0 Å². The second-order valence-corrected chi connectivity index (χ2v) is 17.6. The van der Waals surface area contributed by atoms with E-state index < -0.39 is 0 Å². The Kier molecular flexibility index (Phi) is 15.5. The van der Waals surface area contributed by atoms with Crippen molar-refractivity contribution >= 4 is 29.1 Å². The van der Waals surface area contributed by atoms with E-state index in [2.05, 4.69) is 135 Å². The summed E-state index contributed by atoms with van der Waals surface area (Å²) in [6, 6.07) is 65.5. The molecule has 9 rings (SSSR count). The molecule has 7 aromatic rings.